The van der Waals surface area contributed by atoms with E-state index < -0.39 is 49.1 Å². The van der Waals surface area contributed by atoms with Crippen LogP contribution in [0.4, 0.5) is 0 Å². The summed E-state index contributed by atoms with van der Waals surface area (Å²) in [5.41, 5.74) is -3.89. The molecule has 0 aliphatic carbocycles. The number of hydrogen-bond acceptors (Lipinski definition) is 8. The van der Waals surface area contributed by atoms with Crippen LogP contribution in [0.1, 0.15) is 19.8 Å². The Hall–Kier alpha value is -1.48. The molecule has 0 aliphatic rings. The monoisotopic (exact) mass is 297 g/mol. The highest BCUT2D eigenvalue weighted by Crippen LogP contribution is 2.58. The van der Waals surface area contributed by atoms with Crippen LogP contribution < -0.4 is 15.3 Å². The van der Waals surface area contributed by atoms with Gasteiger partial charge in [-0.25, -0.2) is 0 Å². The first kappa shape index (κ1) is 17.5. The second kappa shape index (κ2) is 5.25. The van der Waals surface area contributed by atoms with Crippen LogP contribution >= 0.6 is 7.60 Å². The molecule has 10 nitrogen and oxygen atoms in total. The molecule has 19 heavy (non-hydrogen) atoms. The summed E-state index contributed by atoms with van der Waals surface area (Å²) in [5, 5.41) is 38.2. The van der Waals surface area contributed by atoms with E-state index in [9.17, 15) is 39.4 Å². The molecule has 0 aromatic heterocycles. The number of carbonyl (C=O) groups excluding carboxylic acids is 3. The number of aliphatic hydroxyl groups is 1. The van der Waals surface area contributed by atoms with Gasteiger partial charge < -0.3 is 44.6 Å². The third-order valence-corrected chi connectivity index (χ3v) is 4.63. The molecule has 0 fully saturated rings. The van der Waals surface area contributed by atoms with Crippen molar-refractivity contribution in [3.05, 3.63) is 0 Å². The second-order valence-corrected chi connectivity index (χ2v) is 5.59. The highest BCUT2D eigenvalue weighted by Gasteiger charge is 2.62. The van der Waals surface area contributed by atoms with Gasteiger partial charge in [0.1, 0.15) is 10.8 Å². The van der Waals surface area contributed by atoms with E-state index in [4.69, 9.17) is 9.79 Å². The number of carboxylic acids is 3. The van der Waals surface area contributed by atoms with Crippen molar-refractivity contribution < 1.29 is 49.2 Å². The molecule has 3 N–H and O–H groups in total. The van der Waals surface area contributed by atoms with Crippen molar-refractivity contribution >= 4 is 25.5 Å². The Morgan fingerprint density at radius 2 is 1.53 bits per heavy atom. The Bertz CT molecular complexity index is 452. The molecule has 0 saturated carbocycles. The van der Waals surface area contributed by atoms with Crippen molar-refractivity contribution in [2.24, 2.45) is 0 Å². The van der Waals surface area contributed by atoms with Crippen LogP contribution in [0.3, 0.4) is 0 Å². The van der Waals surface area contributed by atoms with Crippen LogP contribution in [0.5, 0.6) is 0 Å². The summed E-state index contributed by atoms with van der Waals surface area (Å²) in [4.78, 5) is 50.2. The maximum atomic E-state index is 11.3. The molecule has 2 atom stereocenters. The Morgan fingerprint density at radius 3 is 1.68 bits per heavy atom. The van der Waals surface area contributed by atoms with Gasteiger partial charge in [0.05, 0.1) is 11.9 Å². The van der Waals surface area contributed by atoms with Gasteiger partial charge in [0.15, 0.2) is 0 Å². The molecule has 0 aliphatic heterocycles. The third kappa shape index (κ3) is 2.61. The van der Waals surface area contributed by atoms with Gasteiger partial charge in [0, 0.05) is 12.4 Å². The second-order valence-electron chi connectivity index (χ2n) is 3.74. The highest BCUT2D eigenvalue weighted by molar-refractivity contribution is 7.55. The summed E-state index contributed by atoms with van der Waals surface area (Å²) >= 11 is 0. The van der Waals surface area contributed by atoms with Crippen LogP contribution in [0.25, 0.3) is 0 Å². The highest BCUT2D eigenvalue weighted by atomic mass is 31.2. The SMILES string of the molecule is CCC(C(=O)[O-])(C(O)(CC(=O)[O-])C(=O)[O-])P(=O)(O)O. The maximum Gasteiger partial charge on any atom is 0.340 e. The molecule has 0 spiro atoms. The first-order valence-electron chi connectivity index (χ1n) is 4.77. The first-order chi connectivity index (χ1) is 8.36. The van der Waals surface area contributed by atoms with E-state index in [2.05, 4.69) is 0 Å². The van der Waals surface area contributed by atoms with Crippen LogP contribution in [-0.2, 0) is 18.9 Å². The summed E-state index contributed by atoms with van der Waals surface area (Å²) in [6.45, 7) is 0.831. The third-order valence-electron chi connectivity index (χ3n) is 2.77. The van der Waals surface area contributed by atoms with E-state index in [1.165, 1.54) is 0 Å². The van der Waals surface area contributed by atoms with Gasteiger partial charge in [-0.05, 0) is 6.42 Å². The number of hydrogen-bond donors (Lipinski definition) is 3. The van der Waals surface area contributed by atoms with E-state index in [-0.39, 0.29) is 0 Å². The van der Waals surface area contributed by atoms with Gasteiger partial charge >= 0.3 is 7.60 Å². The molecule has 0 amide bonds. The predicted molar refractivity (Wildman–Crippen MR) is 49.7 cm³/mol. The lowest BCUT2D eigenvalue weighted by molar-refractivity contribution is -0.345. The molecule has 0 heterocycles. The van der Waals surface area contributed by atoms with Gasteiger partial charge in [-0.2, -0.15) is 0 Å². The van der Waals surface area contributed by atoms with Crippen LogP contribution in [-0.4, -0.2) is 43.6 Å². The zero-order valence-electron chi connectivity index (χ0n) is 9.56. The summed E-state index contributed by atoms with van der Waals surface area (Å²) in [6, 6.07) is 0. The van der Waals surface area contributed by atoms with Crippen LogP contribution in [0, 0.1) is 0 Å². The minimum absolute atomic E-state index is 0.831. The smallest absolute Gasteiger partial charge is 0.340 e. The quantitative estimate of drug-likeness (QED) is 0.381. The van der Waals surface area contributed by atoms with Crippen molar-refractivity contribution in [3.8, 4) is 0 Å². The fraction of sp³-hybridized carbons (Fsp3) is 0.625. The van der Waals surface area contributed by atoms with Gasteiger partial charge in [-0.3, -0.25) is 4.57 Å². The van der Waals surface area contributed by atoms with Gasteiger partial charge in [0.25, 0.3) is 0 Å². The molecule has 0 saturated heterocycles. The lowest BCUT2D eigenvalue weighted by Crippen LogP contribution is -2.70. The van der Waals surface area contributed by atoms with Gasteiger partial charge in [0.2, 0.25) is 0 Å². The fourth-order valence-electron chi connectivity index (χ4n) is 1.77. The van der Waals surface area contributed by atoms with Crippen molar-refractivity contribution in [1.82, 2.24) is 0 Å². The number of aliphatic carboxylic acids is 3. The number of carbonyl (C=O) groups is 3. The van der Waals surface area contributed by atoms with E-state index >= 15 is 0 Å². The van der Waals surface area contributed by atoms with Gasteiger partial charge in [-0.1, -0.05) is 6.92 Å². The lowest BCUT2D eigenvalue weighted by Gasteiger charge is -2.47. The molecule has 0 bridgehead atoms. The van der Waals surface area contributed by atoms with Crippen molar-refractivity contribution in [2.75, 3.05) is 0 Å². The normalized spacial score (nSPS) is 18.1. The van der Waals surface area contributed by atoms with E-state index in [1.807, 2.05) is 0 Å². The molecule has 0 aromatic rings. The van der Waals surface area contributed by atoms with Crippen molar-refractivity contribution in [2.45, 2.75) is 30.5 Å². The average Bonchev–Trinajstić information content (AvgIpc) is 2.14. The standard InChI is InChI=1S/C8H13O10P/c1-2-8(6(13)14,19(16,17)18)7(15,5(11)12)3-4(9)10/h15H,2-3H2,1H3,(H,9,10)(H,11,12)(H,13,14)(H2,16,17,18)/p-3. The maximum absolute atomic E-state index is 11.3. The van der Waals surface area contributed by atoms with E-state index in [0.717, 1.165) is 6.92 Å². The number of rotatable bonds is 7. The van der Waals surface area contributed by atoms with E-state index in [1.54, 1.807) is 0 Å². The van der Waals surface area contributed by atoms with Crippen molar-refractivity contribution in [3.63, 3.8) is 0 Å². The van der Waals surface area contributed by atoms with E-state index in [0.29, 0.717) is 0 Å². The Balaban J connectivity index is 6.38. The topological polar surface area (TPSA) is 198 Å². The summed E-state index contributed by atoms with van der Waals surface area (Å²) in [6.07, 6.45) is -3.00. The molecule has 2 unspecified atom stereocenters. The lowest BCUT2D eigenvalue weighted by atomic mass is 9.81. The molecule has 0 aromatic carbocycles. The predicted octanol–water partition coefficient (Wildman–Crippen LogP) is -5.32. The summed E-state index contributed by atoms with van der Waals surface area (Å²) in [5.74, 6) is -7.53. The molecule has 110 valence electrons. The zero-order chi connectivity index (χ0) is 15.6. The Morgan fingerprint density at radius 1 is 1.11 bits per heavy atom. The number of carboxylic acid groups (broad SMARTS) is 3. The van der Waals surface area contributed by atoms with Crippen molar-refractivity contribution in [1.29, 1.82) is 0 Å². The van der Waals surface area contributed by atoms with Gasteiger partial charge in [-0.15, -0.1) is 0 Å². The van der Waals surface area contributed by atoms with Crippen LogP contribution in [0.15, 0.2) is 0 Å². The minimum atomic E-state index is -5.82. The Labute approximate surface area is 106 Å². The molecular formula is C8H10O10P-3. The first-order valence-corrected chi connectivity index (χ1v) is 6.38. The summed E-state index contributed by atoms with van der Waals surface area (Å²) in [7, 11) is -5.82. The molecular weight excluding hydrogens is 287 g/mol. The minimum Gasteiger partial charge on any atom is -0.550 e. The molecule has 0 rings (SSSR count). The molecule has 0 radical (unpaired) electrons. The largest absolute Gasteiger partial charge is 0.550 e. The Kier molecular flexibility index (Phi) is 4.84. The summed E-state index contributed by atoms with van der Waals surface area (Å²) < 4.78 is 11.3. The fourth-order valence-corrected chi connectivity index (χ4v) is 3.07. The van der Waals surface area contributed by atoms with Crippen LogP contribution in [0.2, 0.25) is 0 Å². The molecule has 11 heteroatoms. The zero-order valence-corrected chi connectivity index (χ0v) is 10.5. The average molecular weight is 297 g/mol.